The average molecular weight is 272 g/mol. The van der Waals surface area contributed by atoms with Gasteiger partial charge in [-0.05, 0) is 35.4 Å². The Kier molecular flexibility index (Phi) is 3.16. The normalized spacial score (nSPS) is 11.2. The van der Waals surface area contributed by atoms with Gasteiger partial charge in [-0.15, -0.1) is 0 Å². The van der Waals surface area contributed by atoms with Crippen molar-refractivity contribution in [2.75, 3.05) is 5.43 Å². The van der Waals surface area contributed by atoms with Crippen molar-refractivity contribution in [3.63, 3.8) is 0 Å². The van der Waals surface area contributed by atoms with E-state index in [1.807, 2.05) is 59.4 Å². The number of halogens is 1. The lowest BCUT2D eigenvalue weighted by atomic mass is 10.3. The van der Waals surface area contributed by atoms with Crippen LogP contribution in [0, 0.1) is 0 Å². The molecule has 3 rings (SSSR count). The van der Waals surface area contributed by atoms with Gasteiger partial charge in [0.05, 0.1) is 5.69 Å². The standard InChI is InChI=1S/C14H11ClN4/c15-11-6-7-13-14(8-11)19(9-16-13)10-17-18-12-4-2-1-3-5-12/h1-10,18H/p+1/b17-10+. The summed E-state index contributed by atoms with van der Waals surface area (Å²) >= 11 is 5.99. The Hall–Kier alpha value is -2.33. The topological polar surface area (TPSA) is 44.1 Å². The number of benzene rings is 2. The van der Waals surface area contributed by atoms with Crippen LogP contribution < -0.4 is 9.99 Å². The highest BCUT2D eigenvalue weighted by atomic mass is 35.5. The number of nitrogens with zero attached hydrogens (tertiary/aromatic N) is 2. The molecule has 2 aromatic carbocycles. The second kappa shape index (κ2) is 5.12. The molecule has 0 atom stereocenters. The van der Waals surface area contributed by atoms with Gasteiger partial charge in [0.1, 0.15) is 11.0 Å². The van der Waals surface area contributed by atoms with Crippen molar-refractivity contribution < 1.29 is 4.57 Å². The van der Waals surface area contributed by atoms with Gasteiger partial charge in [-0.3, -0.25) is 4.98 Å². The van der Waals surface area contributed by atoms with E-state index in [4.69, 9.17) is 11.6 Å². The van der Waals surface area contributed by atoms with E-state index in [2.05, 4.69) is 15.5 Å². The number of anilines is 1. The molecule has 5 heteroatoms. The number of aromatic nitrogens is 2. The molecule has 0 aliphatic rings. The highest BCUT2D eigenvalue weighted by molar-refractivity contribution is 6.31. The van der Waals surface area contributed by atoms with Crippen LogP contribution in [-0.2, 0) is 0 Å². The minimum Gasteiger partial charge on any atom is -0.276 e. The summed E-state index contributed by atoms with van der Waals surface area (Å²) in [5.74, 6) is 0. The lowest BCUT2D eigenvalue weighted by Crippen LogP contribution is -2.31. The lowest BCUT2D eigenvalue weighted by molar-refractivity contribution is -0.515. The number of nitrogens with one attached hydrogen (secondary N) is 2. The van der Waals surface area contributed by atoms with Crippen molar-refractivity contribution in [2.24, 2.45) is 5.10 Å². The van der Waals surface area contributed by atoms with Gasteiger partial charge in [0.15, 0.2) is 6.33 Å². The smallest absolute Gasteiger partial charge is 0.254 e. The van der Waals surface area contributed by atoms with Crippen LogP contribution in [0.1, 0.15) is 0 Å². The van der Waals surface area contributed by atoms with Gasteiger partial charge in [0.25, 0.3) is 6.34 Å². The summed E-state index contributed by atoms with van der Waals surface area (Å²) in [6, 6.07) is 15.5. The highest BCUT2D eigenvalue weighted by Crippen LogP contribution is 2.14. The summed E-state index contributed by atoms with van der Waals surface area (Å²) in [6.45, 7) is 0. The quantitative estimate of drug-likeness (QED) is 0.327. The highest BCUT2D eigenvalue weighted by Gasteiger charge is 2.06. The van der Waals surface area contributed by atoms with Crippen molar-refractivity contribution in [1.29, 1.82) is 0 Å². The fraction of sp³-hybridized carbons (Fsp3) is 0. The van der Waals surface area contributed by atoms with Crippen LogP contribution in [0.2, 0.25) is 5.02 Å². The monoisotopic (exact) mass is 271 g/mol. The van der Waals surface area contributed by atoms with Gasteiger partial charge < -0.3 is 0 Å². The Morgan fingerprint density at radius 3 is 2.84 bits per heavy atom. The zero-order valence-electron chi connectivity index (χ0n) is 10.0. The molecule has 3 aromatic rings. The van der Waals surface area contributed by atoms with Crippen molar-refractivity contribution >= 4 is 34.7 Å². The SMILES string of the molecule is Clc1ccc2[nH]c[n+](/C=N/Nc3ccccc3)c2c1. The number of hydrogen-bond donors (Lipinski definition) is 2. The van der Waals surface area contributed by atoms with E-state index in [1.165, 1.54) is 0 Å². The van der Waals surface area contributed by atoms with E-state index in [9.17, 15) is 0 Å². The number of imidazole rings is 1. The summed E-state index contributed by atoms with van der Waals surface area (Å²) in [7, 11) is 0. The van der Waals surface area contributed by atoms with Gasteiger partial charge in [-0.2, -0.15) is 0 Å². The molecule has 0 radical (unpaired) electrons. The Morgan fingerprint density at radius 1 is 1.16 bits per heavy atom. The molecule has 19 heavy (non-hydrogen) atoms. The van der Waals surface area contributed by atoms with Gasteiger partial charge in [-0.1, -0.05) is 29.8 Å². The molecule has 4 nitrogen and oxygen atoms in total. The van der Waals surface area contributed by atoms with Crippen LogP contribution in [-0.4, -0.2) is 11.3 Å². The van der Waals surface area contributed by atoms with E-state index in [-0.39, 0.29) is 0 Å². The molecule has 0 saturated heterocycles. The van der Waals surface area contributed by atoms with Crippen LogP contribution in [0.5, 0.6) is 0 Å². The summed E-state index contributed by atoms with van der Waals surface area (Å²) in [5, 5.41) is 4.89. The van der Waals surface area contributed by atoms with E-state index < -0.39 is 0 Å². The molecule has 0 spiro atoms. The summed E-state index contributed by atoms with van der Waals surface area (Å²) in [4.78, 5) is 3.15. The number of hydrazone groups is 1. The van der Waals surface area contributed by atoms with Crippen molar-refractivity contribution in [2.45, 2.75) is 0 Å². The Bertz CT molecular complexity index is 719. The van der Waals surface area contributed by atoms with Crippen LogP contribution >= 0.6 is 11.6 Å². The molecule has 1 heterocycles. The minimum atomic E-state index is 0.699. The van der Waals surface area contributed by atoms with Crippen LogP contribution in [0.3, 0.4) is 0 Å². The van der Waals surface area contributed by atoms with E-state index in [1.54, 1.807) is 6.34 Å². The third-order valence-electron chi connectivity index (χ3n) is 2.75. The van der Waals surface area contributed by atoms with Crippen LogP contribution in [0.15, 0.2) is 60.0 Å². The van der Waals surface area contributed by atoms with E-state index in [0.717, 1.165) is 16.7 Å². The Labute approximate surface area is 115 Å². The molecule has 0 fully saturated rings. The molecule has 0 saturated carbocycles. The first-order valence-electron chi connectivity index (χ1n) is 5.85. The zero-order chi connectivity index (χ0) is 13.1. The molecule has 94 valence electrons. The number of H-pyrrole nitrogens is 1. The molecule has 0 unspecified atom stereocenters. The Morgan fingerprint density at radius 2 is 2.00 bits per heavy atom. The number of rotatable bonds is 3. The maximum atomic E-state index is 5.99. The first kappa shape index (κ1) is 11.7. The molecular weight excluding hydrogens is 260 g/mol. The fourth-order valence-corrected chi connectivity index (χ4v) is 1.99. The van der Waals surface area contributed by atoms with Crippen molar-refractivity contribution in [3.05, 3.63) is 59.9 Å². The summed E-state index contributed by atoms with van der Waals surface area (Å²) < 4.78 is 1.87. The summed E-state index contributed by atoms with van der Waals surface area (Å²) in [6.07, 6.45) is 3.53. The van der Waals surface area contributed by atoms with Crippen molar-refractivity contribution in [3.8, 4) is 0 Å². The van der Waals surface area contributed by atoms with Crippen LogP contribution in [0.4, 0.5) is 5.69 Å². The molecule has 2 N–H and O–H groups in total. The first-order valence-corrected chi connectivity index (χ1v) is 6.23. The fourth-order valence-electron chi connectivity index (χ4n) is 1.82. The van der Waals surface area contributed by atoms with E-state index >= 15 is 0 Å². The molecule has 1 aromatic heterocycles. The molecule has 0 amide bonds. The second-order valence-corrected chi connectivity index (χ2v) is 4.50. The predicted octanol–water partition coefficient (Wildman–Crippen LogP) is 3.01. The Balaban J connectivity index is 1.83. The molecular formula is C14H12ClN4+. The number of hydrogen-bond acceptors (Lipinski definition) is 2. The molecule has 0 aliphatic carbocycles. The third-order valence-corrected chi connectivity index (χ3v) is 2.98. The zero-order valence-corrected chi connectivity index (χ0v) is 10.8. The summed E-state index contributed by atoms with van der Waals surface area (Å²) in [5.41, 5.74) is 5.89. The third kappa shape index (κ3) is 2.58. The molecule has 0 aliphatic heterocycles. The maximum absolute atomic E-state index is 5.99. The average Bonchev–Trinajstić information content (AvgIpc) is 2.83. The molecule has 0 bridgehead atoms. The second-order valence-electron chi connectivity index (χ2n) is 4.06. The van der Waals surface area contributed by atoms with E-state index in [0.29, 0.717) is 5.02 Å². The van der Waals surface area contributed by atoms with Gasteiger partial charge in [-0.25, -0.2) is 9.99 Å². The number of aromatic amines is 1. The number of fused-ring (bicyclic) bond motifs is 1. The van der Waals surface area contributed by atoms with Crippen molar-refractivity contribution in [1.82, 2.24) is 4.98 Å². The maximum Gasteiger partial charge on any atom is 0.254 e. The first-order chi connectivity index (χ1) is 9.33. The van der Waals surface area contributed by atoms with Gasteiger partial charge in [0.2, 0.25) is 0 Å². The lowest BCUT2D eigenvalue weighted by Gasteiger charge is -1.94. The largest absolute Gasteiger partial charge is 0.276 e. The van der Waals surface area contributed by atoms with Gasteiger partial charge >= 0.3 is 0 Å². The number of para-hydroxylation sites is 1. The van der Waals surface area contributed by atoms with Crippen LogP contribution in [0.25, 0.3) is 11.0 Å². The van der Waals surface area contributed by atoms with Gasteiger partial charge in [0, 0.05) is 5.02 Å². The predicted molar refractivity (Wildman–Crippen MR) is 77.5 cm³/mol. The minimum absolute atomic E-state index is 0.699.